The van der Waals surface area contributed by atoms with Crippen molar-refractivity contribution in [2.75, 3.05) is 19.7 Å². The van der Waals surface area contributed by atoms with Crippen molar-refractivity contribution in [3.63, 3.8) is 0 Å². The van der Waals surface area contributed by atoms with Crippen LogP contribution in [-0.4, -0.2) is 41.1 Å². The molecule has 4 N–H and O–H groups in total. The summed E-state index contributed by atoms with van der Waals surface area (Å²) >= 11 is 0. The van der Waals surface area contributed by atoms with E-state index in [9.17, 15) is 10.2 Å². The van der Waals surface area contributed by atoms with Crippen LogP contribution in [0, 0.1) is 0 Å². The Balaban J connectivity index is 2.36. The van der Waals surface area contributed by atoms with Gasteiger partial charge in [0.15, 0.2) is 0 Å². The van der Waals surface area contributed by atoms with E-state index in [0.717, 1.165) is 49.9 Å². The molecule has 1 atom stereocenters. The summed E-state index contributed by atoms with van der Waals surface area (Å²) in [6, 6.07) is 5.62. The van der Waals surface area contributed by atoms with Crippen molar-refractivity contribution in [2.24, 2.45) is 0 Å². The van der Waals surface area contributed by atoms with Crippen LogP contribution in [0.25, 0.3) is 0 Å². The Bertz CT molecular complexity index is 454. The van der Waals surface area contributed by atoms with Crippen LogP contribution in [-0.2, 0) is 11.8 Å². The molecule has 0 fully saturated rings. The molecule has 0 heterocycles. The Hall–Kier alpha value is -1.10. The molecule has 0 aliphatic carbocycles. The molecule has 0 aliphatic heterocycles. The van der Waals surface area contributed by atoms with Crippen LogP contribution in [0.5, 0.6) is 5.75 Å². The zero-order chi connectivity index (χ0) is 17.3. The fourth-order valence-electron chi connectivity index (χ4n) is 2.63. The van der Waals surface area contributed by atoms with Crippen LogP contribution in [0.15, 0.2) is 18.2 Å². The number of hydrogen-bond acceptors (Lipinski definition) is 4. The van der Waals surface area contributed by atoms with Gasteiger partial charge in [-0.3, -0.25) is 0 Å². The second kappa shape index (κ2) is 9.91. The van der Waals surface area contributed by atoms with Gasteiger partial charge in [-0.2, -0.15) is 0 Å². The van der Waals surface area contributed by atoms with E-state index in [-0.39, 0.29) is 18.1 Å². The highest BCUT2D eigenvalue weighted by Gasteiger charge is 2.18. The summed E-state index contributed by atoms with van der Waals surface area (Å²) in [5.41, 5.74) is 1.88. The third-order valence-corrected chi connectivity index (χ3v) is 3.99. The summed E-state index contributed by atoms with van der Waals surface area (Å²) in [7, 11) is 0. The molecule has 0 saturated heterocycles. The number of phenols is 1. The van der Waals surface area contributed by atoms with Gasteiger partial charge in [0.1, 0.15) is 5.75 Å². The van der Waals surface area contributed by atoms with Crippen LogP contribution in [0.3, 0.4) is 0 Å². The van der Waals surface area contributed by atoms with Gasteiger partial charge in [-0.1, -0.05) is 32.9 Å². The Labute approximate surface area is 140 Å². The summed E-state index contributed by atoms with van der Waals surface area (Å²) in [5.74, 6) is 0.322. The number of phenolic OH excluding ortho intramolecular Hbond substituents is 1. The van der Waals surface area contributed by atoms with E-state index in [4.69, 9.17) is 5.11 Å². The quantitative estimate of drug-likeness (QED) is 0.500. The van der Waals surface area contributed by atoms with Gasteiger partial charge < -0.3 is 20.6 Å². The molecule has 0 bridgehead atoms. The largest absolute Gasteiger partial charge is 0.508 e. The van der Waals surface area contributed by atoms with Crippen LogP contribution < -0.4 is 5.32 Å². The van der Waals surface area contributed by atoms with Gasteiger partial charge in [-0.15, -0.1) is 0 Å². The zero-order valence-electron chi connectivity index (χ0n) is 14.8. The predicted octanol–water partition coefficient (Wildman–Crippen LogP) is 2.74. The summed E-state index contributed by atoms with van der Waals surface area (Å²) in [4.78, 5) is 0. The van der Waals surface area contributed by atoms with E-state index in [1.807, 2.05) is 12.1 Å². The first-order valence-electron chi connectivity index (χ1n) is 8.66. The fourth-order valence-corrected chi connectivity index (χ4v) is 2.63. The average Bonchev–Trinajstić information content (AvgIpc) is 2.47. The Morgan fingerprint density at radius 1 is 1.09 bits per heavy atom. The molecule has 132 valence electrons. The maximum atomic E-state index is 10.2. The van der Waals surface area contributed by atoms with Crippen molar-refractivity contribution in [1.29, 1.82) is 0 Å². The SMILES string of the molecule is CC(C)(C)c1cc(CC(O)CCCNCCCCO)ccc1O. The Morgan fingerprint density at radius 3 is 2.43 bits per heavy atom. The minimum Gasteiger partial charge on any atom is -0.508 e. The molecule has 0 saturated carbocycles. The first-order valence-corrected chi connectivity index (χ1v) is 8.66. The van der Waals surface area contributed by atoms with Gasteiger partial charge in [0, 0.05) is 6.61 Å². The minimum atomic E-state index is -0.355. The monoisotopic (exact) mass is 323 g/mol. The molecule has 0 radical (unpaired) electrons. The third kappa shape index (κ3) is 7.82. The molecule has 0 aromatic heterocycles. The van der Waals surface area contributed by atoms with Gasteiger partial charge in [-0.25, -0.2) is 0 Å². The van der Waals surface area contributed by atoms with E-state index < -0.39 is 0 Å². The molecule has 4 heteroatoms. The van der Waals surface area contributed by atoms with E-state index in [2.05, 4.69) is 26.1 Å². The summed E-state index contributed by atoms with van der Waals surface area (Å²) in [5, 5.41) is 32.2. The van der Waals surface area contributed by atoms with E-state index in [1.54, 1.807) is 6.07 Å². The molecule has 4 nitrogen and oxygen atoms in total. The van der Waals surface area contributed by atoms with Crippen LogP contribution >= 0.6 is 0 Å². The second-order valence-corrected chi connectivity index (χ2v) is 7.28. The zero-order valence-corrected chi connectivity index (χ0v) is 14.8. The molecule has 1 aromatic carbocycles. The Kier molecular flexibility index (Phi) is 8.59. The number of benzene rings is 1. The van der Waals surface area contributed by atoms with Gasteiger partial charge in [0.25, 0.3) is 0 Å². The van der Waals surface area contributed by atoms with Crippen molar-refractivity contribution in [2.45, 2.75) is 64.4 Å². The first-order chi connectivity index (χ1) is 10.8. The van der Waals surface area contributed by atoms with Gasteiger partial charge in [-0.05, 0) is 67.8 Å². The number of aliphatic hydroxyl groups excluding tert-OH is 2. The standard InChI is InChI=1S/C19H33NO3/c1-19(2,3)17-14-15(8-9-18(17)23)13-16(22)7-6-11-20-10-4-5-12-21/h8-9,14,16,20-23H,4-7,10-13H2,1-3H3. The lowest BCUT2D eigenvalue weighted by molar-refractivity contribution is 0.162. The molecule has 1 rings (SSSR count). The van der Waals surface area contributed by atoms with E-state index >= 15 is 0 Å². The van der Waals surface area contributed by atoms with Crippen LogP contribution in [0.2, 0.25) is 0 Å². The molecule has 0 amide bonds. The van der Waals surface area contributed by atoms with Crippen LogP contribution in [0.1, 0.15) is 57.6 Å². The summed E-state index contributed by atoms with van der Waals surface area (Å²) in [6.45, 7) is 8.29. The molecule has 0 aliphatic rings. The lowest BCUT2D eigenvalue weighted by atomic mass is 9.85. The average molecular weight is 323 g/mol. The highest BCUT2D eigenvalue weighted by atomic mass is 16.3. The molecular formula is C19H33NO3. The lowest BCUT2D eigenvalue weighted by Crippen LogP contribution is -2.20. The van der Waals surface area contributed by atoms with Crippen molar-refractivity contribution in [3.05, 3.63) is 29.3 Å². The first kappa shape index (κ1) is 19.9. The predicted molar refractivity (Wildman–Crippen MR) is 94.9 cm³/mol. The number of nitrogens with one attached hydrogen (secondary N) is 1. The van der Waals surface area contributed by atoms with Crippen molar-refractivity contribution in [1.82, 2.24) is 5.32 Å². The number of aromatic hydroxyl groups is 1. The molecule has 1 aromatic rings. The maximum Gasteiger partial charge on any atom is 0.119 e. The molecule has 0 spiro atoms. The smallest absolute Gasteiger partial charge is 0.119 e. The number of hydrogen-bond donors (Lipinski definition) is 4. The molecule has 23 heavy (non-hydrogen) atoms. The highest BCUT2D eigenvalue weighted by molar-refractivity contribution is 5.40. The van der Waals surface area contributed by atoms with Crippen molar-refractivity contribution < 1.29 is 15.3 Å². The normalized spacial score (nSPS) is 13.3. The van der Waals surface area contributed by atoms with E-state index in [1.165, 1.54) is 0 Å². The van der Waals surface area contributed by atoms with Crippen LogP contribution in [0.4, 0.5) is 0 Å². The minimum absolute atomic E-state index is 0.108. The van der Waals surface area contributed by atoms with Gasteiger partial charge in [0.2, 0.25) is 0 Å². The summed E-state index contributed by atoms with van der Waals surface area (Å²) in [6.07, 6.45) is 3.79. The van der Waals surface area contributed by atoms with Crippen molar-refractivity contribution in [3.8, 4) is 5.75 Å². The summed E-state index contributed by atoms with van der Waals surface area (Å²) < 4.78 is 0. The highest BCUT2D eigenvalue weighted by Crippen LogP contribution is 2.31. The Morgan fingerprint density at radius 2 is 1.78 bits per heavy atom. The third-order valence-electron chi connectivity index (χ3n) is 3.99. The second-order valence-electron chi connectivity index (χ2n) is 7.28. The molecular weight excluding hydrogens is 290 g/mol. The van der Waals surface area contributed by atoms with Gasteiger partial charge in [0.05, 0.1) is 6.10 Å². The maximum absolute atomic E-state index is 10.2. The number of rotatable bonds is 10. The van der Waals surface area contributed by atoms with Gasteiger partial charge >= 0.3 is 0 Å². The van der Waals surface area contributed by atoms with Crippen molar-refractivity contribution >= 4 is 0 Å². The topological polar surface area (TPSA) is 72.7 Å². The number of aliphatic hydroxyl groups is 2. The van der Waals surface area contributed by atoms with E-state index in [0.29, 0.717) is 12.2 Å². The number of unbranched alkanes of at least 4 members (excludes halogenated alkanes) is 1. The molecule has 1 unspecified atom stereocenters. The lowest BCUT2D eigenvalue weighted by Gasteiger charge is -2.22. The fraction of sp³-hybridized carbons (Fsp3) is 0.684.